The van der Waals surface area contributed by atoms with Crippen LogP contribution in [0.3, 0.4) is 0 Å². The number of nitrogens with zero attached hydrogens (tertiary/aromatic N) is 1. The summed E-state index contributed by atoms with van der Waals surface area (Å²) in [5.41, 5.74) is 0.874. The molecule has 0 aliphatic rings. The van der Waals surface area contributed by atoms with E-state index in [9.17, 15) is 13.2 Å². The molecule has 0 bridgehead atoms. The van der Waals surface area contributed by atoms with Crippen molar-refractivity contribution in [2.45, 2.75) is 19.2 Å². The first kappa shape index (κ1) is 15.6. The minimum atomic E-state index is -4.68. The van der Waals surface area contributed by atoms with Crippen LogP contribution in [0.1, 0.15) is 12.0 Å². The third kappa shape index (κ3) is 5.83. The second-order valence-corrected chi connectivity index (χ2v) is 4.43. The first-order valence-corrected chi connectivity index (χ1v) is 5.89. The first-order valence-electron chi connectivity index (χ1n) is 5.89. The largest absolute Gasteiger partial charge is 0.573 e. The number of hydrogen-bond donors (Lipinski definition) is 0. The Kier molecular flexibility index (Phi) is 5.47. The van der Waals surface area contributed by atoms with Crippen LogP contribution in [0.2, 0.25) is 0 Å². The van der Waals surface area contributed by atoms with Crippen molar-refractivity contribution >= 4 is 0 Å². The zero-order chi connectivity index (χ0) is 14.5. The standard InChI is InChI=1S/C13H18F3NO2/c1-17(2)8-4-5-10-6-7-11(9-12(10)18-3)19-13(14,15)16/h6-7,9H,4-5,8H2,1-3H3. The molecule has 0 saturated heterocycles. The highest BCUT2D eigenvalue weighted by molar-refractivity contribution is 5.40. The molecule has 0 heterocycles. The normalized spacial score (nSPS) is 11.7. The highest BCUT2D eigenvalue weighted by Gasteiger charge is 2.31. The third-order valence-electron chi connectivity index (χ3n) is 2.54. The van der Waals surface area contributed by atoms with Gasteiger partial charge in [-0.2, -0.15) is 0 Å². The summed E-state index contributed by atoms with van der Waals surface area (Å²) in [7, 11) is 5.37. The Hall–Kier alpha value is -1.43. The summed E-state index contributed by atoms with van der Waals surface area (Å²) < 4.78 is 45.3. The summed E-state index contributed by atoms with van der Waals surface area (Å²) in [4.78, 5) is 2.05. The summed E-state index contributed by atoms with van der Waals surface area (Å²) >= 11 is 0. The second kappa shape index (κ2) is 6.65. The van der Waals surface area contributed by atoms with Crippen LogP contribution < -0.4 is 9.47 Å². The maximum Gasteiger partial charge on any atom is 0.573 e. The molecule has 0 aliphatic heterocycles. The zero-order valence-corrected chi connectivity index (χ0v) is 11.3. The van der Waals surface area contributed by atoms with Crippen LogP contribution in [0.4, 0.5) is 13.2 Å². The molecule has 0 fully saturated rings. The number of hydrogen-bond acceptors (Lipinski definition) is 3. The lowest BCUT2D eigenvalue weighted by Crippen LogP contribution is -2.17. The van der Waals surface area contributed by atoms with E-state index in [0.29, 0.717) is 5.75 Å². The molecule has 1 aromatic rings. The van der Waals surface area contributed by atoms with Gasteiger partial charge in [-0.1, -0.05) is 6.07 Å². The van der Waals surface area contributed by atoms with Crippen molar-refractivity contribution in [2.75, 3.05) is 27.7 Å². The van der Waals surface area contributed by atoms with Gasteiger partial charge in [-0.25, -0.2) is 0 Å². The fourth-order valence-electron chi connectivity index (χ4n) is 1.71. The number of alkyl halides is 3. The predicted octanol–water partition coefficient (Wildman–Crippen LogP) is 3.09. The minimum Gasteiger partial charge on any atom is -0.496 e. The summed E-state index contributed by atoms with van der Waals surface area (Å²) in [5, 5.41) is 0. The first-order chi connectivity index (χ1) is 8.81. The molecule has 0 spiro atoms. The van der Waals surface area contributed by atoms with Crippen LogP contribution in [0, 0.1) is 0 Å². The van der Waals surface area contributed by atoms with E-state index in [-0.39, 0.29) is 5.75 Å². The lowest BCUT2D eigenvalue weighted by atomic mass is 10.1. The molecule has 0 amide bonds. The molecule has 0 N–H and O–H groups in total. The molecule has 0 saturated carbocycles. The number of halogens is 3. The van der Waals surface area contributed by atoms with Gasteiger partial charge in [-0.3, -0.25) is 0 Å². The van der Waals surface area contributed by atoms with E-state index in [1.165, 1.54) is 19.2 Å². The molecule has 108 valence electrons. The van der Waals surface area contributed by atoms with Gasteiger partial charge in [-0.15, -0.1) is 13.2 Å². The highest BCUT2D eigenvalue weighted by Crippen LogP contribution is 2.29. The van der Waals surface area contributed by atoms with Gasteiger partial charge >= 0.3 is 6.36 Å². The van der Waals surface area contributed by atoms with Crippen molar-refractivity contribution in [1.29, 1.82) is 0 Å². The maximum absolute atomic E-state index is 12.1. The molecule has 1 rings (SSSR count). The van der Waals surface area contributed by atoms with Gasteiger partial charge in [0, 0.05) is 6.07 Å². The van der Waals surface area contributed by atoms with Crippen LogP contribution in [-0.2, 0) is 6.42 Å². The lowest BCUT2D eigenvalue weighted by molar-refractivity contribution is -0.274. The minimum absolute atomic E-state index is 0.263. The molecular formula is C13H18F3NO2. The number of aryl methyl sites for hydroxylation is 1. The quantitative estimate of drug-likeness (QED) is 0.797. The van der Waals surface area contributed by atoms with Crippen molar-refractivity contribution in [3.05, 3.63) is 23.8 Å². The van der Waals surface area contributed by atoms with Crippen molar-refractivity contribution < 1.29 is 22.6 Å². The Morgan fingerprint density at radius 1 is 1.21 bits per heavy atom. The smallest absolute Gasteiger partial charge is 0.496 e. The molecular weight excluding hydrogens is 259 g/mol. The summed E-state index contributed by atoms with van der Waals surface area (Å²) in [5.74, 6) is 0.154. The SMILES string of the molecule is COc1cc(OC(F)(F)F)ccc1CCCN(C)C. The van der Waals surface area contributed by atoms with Crippen molar-refractivity contribution in [1.82, 2.24) is 4.90 Å². The lowest BCUT2D eigenvalue weighted by Gasteiger charge is -2.14. The number of benzene rings is 1. The van der Waals surface area contributed by atoms with E-state index in [0.717, 1.165) is 24.9 Å². The molecule has 1 aromatic carbocycles. The maximum atomic E-state index is 12.1. The Morgan fingerprint density at radius 3 is 2.42 bits per heavy atom. The molecule has 0 atom stereocenters. The Labute approximate surface area is 110 Å². The fraction of sp³-hybridized carbons (Fsp3) is 0.538. The molecule has 3 nitrogen and oxygen atoms in total. The van der Waals surface area contributed by atoms with Gasteiger partial charge in [0.1, 0.15) is 11.5 Å². The van der Waals surface area contributed by atoms with E-state index in [1.807, 2.05) is 19.0 Å². The average molecular weight is 277 g/mol. The van der Waals surface area contributed by atoms with Gasteiger partial charge in [0.05, 0.1) is 7.11 Å². The van der Waals surface area contributed by atoms with Crippen LogP contribution >= 0.6 is 0 Å². The van der Waals surface area contributed by atoms with Gasteiger partial charge < -0.3 is 14.4 Å². The zero-order valence-electron chi connectivity index (χ0n) is 11.3. The molecule has 6 heteroatoms. The summed E-state index contributed by atoms with van der Waals surface area (Å²) in [6.07, 6.45) is -3.03. The number of rotatable bonds is 6. The molecule has 0 unspecified atom stereocenters. The Balaban J connectivity index is 2.73. The van der Waals surface area contributed by atoms with E-state index in [2.05, 4.69) is 4.74 Å². The second-order valence-electron chi connectivity index (χ2n) is 4.43. The molecule has 0 aliphatic carbocycles. The molecule has 19 heavy (non-hydrogen) atoms. The summed E-state index contributed by atoms with van der Waals surface area (Å²) in [6, 6.07) is 4.18. The molecule has 0 aromatic heterocycles. The third-order valence-corrected chi connectivity index (χ3v) is 2.54. The summed E-state index contributed by atoms with van der Waals surface area (Å²) in [6.45, 7) is 0.907. The van der Waals surface area contributed by atoms with E-state index in [4.69, 9.17) is 4.74 Å². The van der Waals surface area contributed by atoms with Gasteiger partial charge in [-0.05, 0) is 45.1 Å². The van der Waals surface area contributed by atoms with Crippen molar-refractivity contribution in [3.8, 4) is 11.5 Å². The van der Waals surface area contributed by atoms with Crippen LogP contribution in [0.25, 0.3) is 0 Å². The van der Waals surface area contributed by atoms with E-state index < -0.39 is 6.36 Å². The van der Waals surface area contributed by atoms with Crippen molar-refractivity contribution in [3.63, 3.8) is 0 Å². The monoisotopic (exact) mass is 277 g/mol. The topological polar surface area (TPSA) is 21.7 Å². The average Bonchev–Trinajstić information content (AvgIpc) is 2.28. The predicted molar refractivity (Wildman–Crippen MR) is 66.6 cm³/mol. The Bertz CT molecular complexity index is 405. The van der Waals surface area contributed by atoms with Gasteiger partial charge in [0.25, 0.3) is 0 Å². The number of methoxy groups -OCH3 is 1. The Morgan fingerprint density at radius 2 is 1.89 bits per heavy atom. The molecule has 0 radical (unpaired) electrons. The highest BCUT2D eigenvalue weighted by atomic mass is 19.4. The van der Waals surface area contributed by atoms with Crippen LogP contribution in [0.15, 0.2) is 18.2 Å². The number of ether oxygens (including phenoxy) is 2. The van der Waals surface area contributed by atoms with Crippen LogP contribution in [-0.4, -0.2) is 39.0 Å². The van der Waals surface area contributed by atoms with Crippen LogP contribution in [0.5, 0.6) is 11.5 Å². The fourth-order valence-corrected chi connectivity index (χ4v) is 1.71. The van der Waals surface area contributed by atoms with E-state index in [1.54, 1.807) is 6.07 Å². The van der Waals surface area contributed by atoms with Crippen molar-refractivity contribution in [2.24, 2.45) is 0 Å². The van der Waals surface area contributed by atoms with E-state index >= 15 is 0 Å². The van der Waals surface area contributed by atoms with Gasteiger partial charge in [0.15, 0.2) is 0 Å². The van der Waals surface area contributed by atoms with Gasteiger partial charge in [0.2, 0.25) is 0 Å².